The Labute approximate surface area is 122 Å². The third kappa shape index (κ3) is 3.59. The van der Waals surface area contributed by atoms with Crippen molar-refractivity contribution in [3.8, 4) is 16.9 Å². The van der Waals surface area contributed by atoms with Crippen molar-refractivity contribution < 1.29 is 5.11 Å². The standard InChI is InChI=1S/C15H14ClN3O/c16-14-7-13(4-5-15(14)20)12-3-1-2-11(6-12)8-18-10-19-9-17/h1-7,9-10,20H,8H2,(H2,17,18,19). The first kappa shape index (κ1) is 14.1. The minimum Gasteiger partial charge on any atom is -0.506 e. The highest BCUT2D eigenvalue weighted by atomic mass is 35.5. The lowest BCUT2D eigenvalue weighted by Crippen LogP contribution is -1.88. The minimum absolute atomic E-state index is 0.0795. The molecule has 0 saturated carbocycles. The van der Waals surface area contributed by atoms with Crippen LogP contribution in [-0.4, -0.2) is 17.8 Å². The van der Waals surface area contributed by atoms with E-state index in [-0.39, 0.29) is 5.75 Å². The highest BCUT2D eigenvalue weighted by Crippen LogP contribution is 2.29. The van der Waals surface area contributed by atoms with Crippen LogP contribution in [0.25, 0.3) is 11.1 Å². The van der Waals surface area contributed by atoms with E-state index in [0.717, 1.165) is 16.7 Å². The van der Waals surface area contributed by atoms with Crippen molar-refractivity contribution in [3.05, 3.63) is 53.1 Å². The summed E-state index contributed by atoms with van der Waals surface area (Å²) in [5.74, 6) is 0.0795. The molecule has 0 amide bonds. The van der Waals surface area contributed by atoms with Gasteiger partial charge in [-0.25, -0.2) is 4.99 Å². The van der Waals surface area contributed by atoms with Crippen LogP contribution in [0.5, 0.6) is 5.75 Å². The van der Waals surface area contributed by atoms with Crippen molar-refractivity contribution in [2.45, 2.75) is 6.54 Å². The molecule has 0 radical (unpaired) electrons. The number of nitrogens with two attached hydrogens (primary N) is 1. The molecule has 0 atom stereocenters. The number of benzene rings is 2. The van der Waals surface area contributed by atoms with Crippen molar-refractivity contribution in [1.82, 2.24) is 0 Å². The van der Waals surface area contributed by atoms with E-state index in [1.165, 1.54) is 12.7 Å². The summed E-state index contributed by atoms with van der Waals surface area (Å²) < 4.78 is 0. The van der Waals surface area contributed by atoms with Crippen molar-refractivity contribution in [3.63, 3.8) is 0 Å². The van der Waals surface area contributed by atoms with E-state index in [1.54, 1.807) is 12.1 Å². The largest absolute Gasteiger partial charge is 0.506 e. The second-order valence-electron chi connectivity index (χ2n) is 4.12. The molecule has 4 nitrogen and oxygen atoms in total. The number of nitrogens with zero attached hydrogens (tertiary/aromatic N) is 2. The molecule has 5 heteroatoms. The molecule has 0 aromatic heterocycles. The Bertz CT molecular complexity index is 653. The lowest BCUT2D eigenvalue weighted by molar-refractivity contribution is 0.475. The van der Waals surface area contributed by atoms with Gasteiger partial charge in [-0.1, -0.05) is 35.9 Å². The monoisotopic (exact) mass is 287 g/mol. The number of halogens is 1. The second kappa shape index (κ2) is 6.73. The smallest absolute Gasteiger partial charge is 0.134 e. The maximum atomic E-state index is 9.44. The van der Waals surface area contributed by atoms with Gasteiger partial charge in [0.05, 0.1) is 17.9 Å². The number of phenolic OH excluding ortho intramolecular Hbond substituents is 1. The number of aliphatic imine (C=N–C) groups is 2. The molecule has 0 spiro atoms. The van der Waals surface area contributed by atoms with E-state index in [4.69, 9.17) is 17.3 Å². The van der Waals surface area contributed by atoms with Crippen LogP contribution in [0, 0.1) is 0 Å². The van der Waals surface area contributed by atoms with Crippen LogP contribution in [0.2, 0.25) is 5.02 Å². The van der Waals surface area contributed by atoms with Crippen molar-refractivity contribution >= 4 is 24.3 Å². The predicted octanol–water partition coefficient (Wildman–Crippen LogP) is 3.23. The van der Waals surface area contributed by atoms with Gasteiger partial charge in [0.15, 0.2) is 0 Å². The highest BCUT2D eigenvalue weighted by molar-refractivity contribution is 6.32. The summed E-state index contributed by atoms with van der Waals surface area (Å²) in [5.41, 5.74) is 8.13. The normalized spacial score (nSPS) is 11.4. The molecule has 0 fully saturated rings. The summed E-state index contributed by atoms with van der Waals surface area (Å²) in [6.07, 6.45) is 2.61. The predicted molar refractivity (Wildman–Crippen MR) is 83.4 cm³/mol. The van der Waals surface area contributed by atoms with Crippen LogP contribution < -0.4 is 5.73 Å². The van der Waals surface area contributed by atoms with Crippen LogP contribution in [0.3, 0.4) is 0 Å². The lowest BCUT2D eigenvalue weighted by Gasteiger charge is -2.05. The summed E-state index contributed by atoms with van der Waals surface area (Å²) in [6, 6.07) is 13.1. The lowest BCUT2D eigenvalue weighted by atomic mass is 10.0. The molecule has 102 valence electrons. The Hall–Kier alpha value is -2.33. The van der Waals surface area contributed by atoms with E-state index in [2.05, 4.69) is 9.98 Å². The second-order valence-corrected chi connectivity index (χ2v) is 4.53. The average molecular weight is 288 g/mol. The molecule has 0 heterocycles. The maximum absolute atomic E-state index is 9.44. The Kier molecular flexibility index (Phi) is 4.74. The van der Waals surface area contributed by atoms with E-state index in [9.17, 15) is 5.11 Å². The Morgan fingerprint density at radius 2 is 1.95 bits per heavy atom. The molecule has 3 N–H and O–H groups in total. The molecule has 0 aliphatic rings. The maximum Gasteiger partial charge on any atom is 0.134 e. The zero-order valence-electron chi connectivity index (χ0n) is 10.7. The van der Waals surface area contributed by atoms with Gasteiger partial charge in [-0.05, 0) is 34.9 Å². The molecule has 2 aromatic carbocycles. The molecular weight excluding hydrogens is 274 g/mol. The molecule has 20 heavy (non-hydrogen) atoms. The number of hydrogen-bond donors (Lipinski definition) is 2. The average Bonchev–Trinajstić information content (AvgIpc) is 2.47. The molecular formula is C15H14ClN3O. The van der Waals surface area contributed by atoms with E-state index < -0.39 is 0 Å². The van der Waals surface area contributed by atoms with E-state index in [1.807, 2.05) is 30.3 Å². The van der Waals surface area contributed by atoms with Gasteiger partial charge in [-0.2, -0.15) is 0 Å². The first-order valence-corrected chi connectivity index (χ1v) is 6.38. The fraction of sp³-hybridized carbons (Fsp3) is 0.0667. The summed E-state index contributed by atoms with van der Waals surface area (Å²) in [6.45, 7) is 0.525. The molecule has 2 rings (SSSR count). The van der Waals surface area contributed by atoms with Gasteiger partial charge in [-0.3, -0.25) is 4.99 Å². The third-order valence-electron chi connectivity index (χ3n) is 2.72. The zero-order valence-corrected chi connectivity index (χ0v) is 11.5. The fourth-order valence-electron chi connectivity index (χ4n) is 1.77. The number of aromatic hydroxyl groups is 1. The topological polar surface area (TPSA) is 71.0 Å². The van der Waals surface area contributed by atoms with Crippen molar-refractivity contribution in [2.75, 3.05) is 0 Å². The van der Waals surface area contributed by atoms with E-state index >= 15 is 0 Å². The SMILES string of the molecule is NC=NC=NCc1cccc(-c2ccc(O)c(Cl)c2)c1. The Balaban J connectivity index is 2.22. The fourth-order valence-corrected chi connectivity index (χ4v) is 1.95. The summed E-state index contributed by atoms with van der Waals surface area (Å²) in [4.78, 5) is 7.83. The summed E-state index contributed by atoms with van der Waals surface area (Å²) >= 11 is 5.92. The summed E-state index contributed by atoms with van der Waals surface area (Å²) in [5, 5.41) is 9.77. The third-order valence-corrected chi connectivity index (χ3v) is 3.02. The highest BCUT2D eigenvalue weighted by Gasteiger charge is 2.03. The number of rotatable bonds is 4. The molecule has 0 bridgehead atoms. The molecule has 0 aliphatic carbocycles. The van der Waals surface area contributed by atoms with Crippen LogP contribution in [0.4, 0.5) is 0 Å². The van der Waals surface area contributed by atoms with Gasteiger partial charge in [-0.15, -0.1) is 0 Å². The van der Waals surface area contributed by atoms with E-state index in [0.29, 0.717) is 11.6 Å². The van der Waals surface area contributed by atoms with Gasteiger partial charge in [0, 0.05) is 0 Å². The number of hydrogen-bond acceptors (Lipinski definition) is 2. The van der Waals surface area contributed by atoms with Crippen LogP contribution in [-0.2, 0) is 6.54 Å². The Morgan fingerprint density at radius 1 is 1.15 bits per heavy atom. The minimum atomic E-state index is 0.0795. The van der Waals surface area contributed by atoms with Gasteiger partial charge in [0.1, 0.15) is 12.1 Å². The molecule has 2 aromatic rings. The zero-order chi connectivity index (χ0) is 14.4. The first-order chi connectivity index (χ1) is 9.70. The van der Waals surface area contributed by atoms with Gasteiger partial charge in [0.25, 0.3) is 0 Å². The molecule has 0 saturated heterocycles. The van der Waals surface area contributed by atoms with Crippen LogP contribution in [0.1, 0.15) is 5.56 Å². The van der Waals surface area contributed by atoms with Gasteiger partial charge < -0.3 is 10.8 Å². The summed E-state index contributed by atoms with van der Waals surface area (Å²) in [7, 11) is 0. The van der Waals surface area contributed by atoms with Crippen molar-refractivity contribution in [1.29, 1.82) is 0 Å². The first-order valence-electron chi connectivity index (χ1n) is 6.00. The Morgan fingerprint density at radius 3 is 2.70 bits per heavy atom. The molecule has 0 aliphatic heterocycles. The quantitative estimate of drug-likeness (QED) is 0.669. The van der Waals surface area contributed by atoms with Gasteiger partial charge >= 0.3 is 0 Å². The number of phenols is 1. The molecule has 0 unspecified atom stereocenters. The van der Waals surface area contributed by atoms with Crippen LogP contribution >= 0.6 is 11.6 Å². The van der Waals surface area contributed by atoms with Crippen LogP contribution in [0.15, 0.2) is 52.4 Å². The van der Waals surface area contributed by atoms with Crippen molar-refractivity contribution in [2.24, 2.45) is 15.7 Å². The van der Waals surface area contributed by atoms with Gasteiger partial charge in [0.2, 0.25) is 0 Å².